The second kappa shape index (κ2) is 12.9. The Hall–Kier alpha value is -3.07. The minimum absolute atomic E-state index is 0.0304. The zero-order valence-corrected chi connectivity index (χ0v) is 22.9. The standard InChI is InChI=1S/C27H29Cl2N3O4S/c1-3-25(27(34)30-4-2)31(18-20-13-15-21(28)16-14-20)26(33)19-32(23-10-8-9-22(29)17-23)37(35,36)24-11-6-5-7-12-24/h5-17,25H,3-4,18-19H2,1-2H3,(H,30,34)/t25-/m1/s1. The number of sulfonamides is 1. The van der Waals surface area contributed by atoms with Gasteiger partial charge in [-0.2, -0.15) is 0 Å². The number of halogens is 2. The fourth-order valence-corrected chi connectivity index (χ4v) is 5.62. The Balaban J connectivity index is 2.04. The third kappa shape index (κ3) is 7.25. The van der Waals surface area contributed by atoms with Gasteiger partial charge in [-0.3, -0.25) is 13.9 Å². The monoisotopic (exact) mass is 561 g/mol. The molecule has 10 heteroatoms. The third-order valence-electron chi connectivity index (χ3n) is 5.71. The summed E-state index contributed by atoms with van der Waals surface area (Å²) in [6.45, 7) is 3.57. The minimum atomic E-state index is -4.13. The van der Waals surface area contributed by atoms with Crippen molar-refractivity contribution in [3.8, 4) is 0 Å². The lowest BCUT2D eigenvalue weighted by atomic mass is 10.1. The van der Waals surface area contributed by atoms with Crippen molar-refractivity contribution in [3.05, 3.63) is 94.5 Å². The largest absolute Gasteiger partial charge is 0.355 e. The SMILES string of the molecule is CCNC(=O)[C@@H](CC)N(Cc1ccc(Cl)cc1)C(=O)CN(c1cccc(Cl)c1)S(=O)(=O)c1ccccc1. The first-order valence-corrected chi connectivity index (χ1v) is 14.0. The summed E-state index contributed by atoms with van der Waals surface area (Å²) < 4.78 is 28.4. The first-order valence-electron chi connectivity index (χ1n) is 11.8. The van der Waals surface area contributed by atoms with Gasteiger partial charge in [-0.1, -0.05) is 66.5 Å². The Kier molecular flexibility index (Phi) is 9.97. The van der Waals surface area contributed by atoms with E-state index in [1.54, 1.807) is 74.5 Å². The van der Waals surface area contributed by atoms with E-state index >= 15 is 0 Å². The van der Waals surface area contributed by atoms with Crippen LogP contribution in [0.2, 0.25) is 10.0 Å². The van der Waals surface area contributed by atoms with Gasteiger partial charge in [-0.15, -0.1) is 0 Å². The molecule has 1 N–H and O–H groups in total. The van der Waals surface area contributed by atoms with Crippen LogP contribution in [-0.4, -0.2) is 44.3 Å². The van der Waals surface area contributed by atoms with Gasteiger partial charge < -0.3 is 10.2 Å². The van der Waals surface area contributed by atoms with E-state index in [2.05, 4.69) is 5.32 Å². The van der Waals surface area contributed by atoms with Crippen LogP contribution in [0.3, 0.4) is 0 Å². The van der Waals surface area contributed by atoms with Crippen molar-refractivity contribution in [3.63, 3.8) is 0 Å². The highest BCUT2D eigenvalue weighted by Crippen LogP contribution is 2.27. The molecule has 37 heavy (non-hydrogen) atoms. The molecule has 3 rings (SSSR count). The van der Waals surface area contributed by atoms with E-state index < -0.39 is 28.5 Å². The molecule has 1 atom stereocenters. The number of rotatable bonds is 11. The Morgan fingerprint density at radius 3 is 2.16 bits per heavy atom. The highest BCUT2D eigenvalue weighted by Gasteiger charge is 2.33. The molecule has 3 aromatic carbocycles. The van der Waals surface area contributed by atoms with Crippen LogP contribution in [0, 0.1) is 0 Å². The number of nitrogens with zero attached hydrogens (tertiary/aromatic N) is 2. The molecule has 0 aliphatic rings. The number of carbonyl (C=O) groups excluding carboxylic acids is 2. The Morgan fingerprint density at radius 2 is 1.57 bits per heavy atom. The number of carbonyl (C=O) groups is 2. The molecular weight excluding hydrogens is 533 g/mol. The molecule has 0 heterocycles. The van der Waals surface area contributed by atoms with Gasteiger partial charge >= 0.3 is 0 Å². The van der Waals surface area contributed by atoms with Crippen molar-refractivity contribution in [2.75, 3.05) is 17.4 Å². The van der Waals surface area contributed by atoms with Crippen molar-refractivity contribution >= 4 is 50.7 Å². The molecule has 0 spiro atoms. The lowest BCUT2D eigenvalue weighted by Gasteiger charge is -2.33. The van der Waals surface area contributed by atoms with Crippen LogP contribution >= 0.6 is 23.2 Å². The van der Waals surface area contributed by atoms with Crippen LogP contribution in [0.5, 0.6) is 0 Å². The molecule has 0 unspecified atom stereocenters. The third-order valence-corrected chi connectivity index (χ3v) is 7.98. The molecule has 0 aromatic heterocycles. The number of hydrogen-bond acceptors (Lipinski definition) is 4. The van der Waals surface area contributed by atoms with E-state index in [9.17, 15) is 18.0 Å². The van der Waals surface area contributed by atoms with Crippen molar-refractivity contribution in [2.45, 2.75) is 37.8 Å². The van der Waals surface area contributed by atoms with Crippen molar-refractivity contribution in [2.24, 2.45) is 0 Å². The van der Waals surface area contributed by atoms with Crippen molar-refractivity contribution < 1.29 is 18.0 Å². The van der Waals surface area contributed by atoms with E-state index in [4.69, 9.17) is 23.2 Å². The van der Waals surface area contributed by atoms with Gasteiger partial charge in [-0.25, -0.2) is 8.42 Å². The first-order chi connectivity index (χ1) is 17.7. The summed E-state index contributed by atoms with van der Waals surface area (Å²) in [5, 5.41) is 3.64. The number of amides is 2. The topological polar surface area (TPSA) is 86.8 Å². The molecule has 0 bridgehead atoms. The van der Waals surface area contributed by atoms with Crippen molar-refractivity contribution in [1.82, 2.24) is 10.2 Å². The number of hydrogen-bond donors (Lipinski definition) is 1. The van der Waals surface area contributed by atoms with Gasteiger partial charge in [-0.05, 0) is 61.4 Å². The Morgan fingerprint density at radius 1 is 0.892 bits per heavy atom. The highest BCUT2D eigenvalue weighted by atomic mass is 35.5. The summed E-state index contributed by atoms with van der Waals surface area (Å²) in [4.78, 5) is 28.2. The number of benzene rings is 3. The normalized spacial score (nSPS) is 12.0. The van der Waals surface area contributed by atoms with Gasteiger partial charge in [0.1, 0.15) is 12.6 Å². The lowest BCUT2D eigenvalue weighted by molar-refractivity contribution is -0.140. The van der Waals surface area contributed by atoms with Crippen LogP contribution in [0.25, 0.3) is 0 Å². The molecule has 0 saturated heterocycles. The van der Waals surface area contributed by atoms with Gasteiger partial charge in [0, 0.05) is 23.1 Å². The molecule has 0 radical (unpaired) electrons. The molecule has 2 amide bonds. The van der Waals surface area contributed by atoms with Crippen LogP contribution in [0.15, 0.2) is 83.8 Å². The van der Waals surface area contributed by atoms with Crippen LogP contribution in [0.4, 0.5) is 5.69 Å². The molecule has 0 fully saturated rings. The van der Waals surface area contributed by atoms with Gasteiger partial charge in [0.2, 0.25) is 11.8 Å². The average molecular weight is 563 g/mol. The summed E-state index contributed by atoms with van der Waals surface area (Å²) >= 11 is 12.2. The molecule has 0 aliphatic carbocycles. The summed E-state index contributed by atoms with van der Waals surface area (Å²) in [5.74, 6) is -0.847. The average Bonchev–Trinajstić information content (AvgIpc) is 2.88. The van der Waals surface area contributed by atoms with Gasteiger partial charge in [0.25, 0.3) is 10.0 Å². The van der Waals surface area contributed by atoms with E-state index in [1.165, 1.54) is 23.1 Å². The summed E-state index contributed by atoms with van der Waals surface area (Å²) in [5.41, 5.74) is 0.989. The number of likely N-dealkylation sites (N-methyl/N-ethyl adjacent to an activating group) is 1. The lowest BCUT2D eigenvalue weighted by Crippen LogP contribution is -2.52. The fraction of sp³-hybridized carbons (Fsp3) is 0.259. The molecule has 0 aliphatic heterocycles. The maximum absolute atomic E-state index is 13.9. The number of anilines is 1. The van der Waals surface area contributed by atoms with Crippen LogP contribution < -0.4 is 9.62 Å². The summed E-state index contributed by atoms with van der Waals surface area (Å²) in [7, 11) is -4.13. The predicted molar refractivity (Wildman–Crippen MR) is 147 cm³/mol. The Bertz CT molecular complexity index is 1320. The second-order valence-corrected chi connectivity index (χ2v) is 11.0. The zero-order valence-electron chi connectivity index (χ0n) is 20.6. The van der Waals surface area contributed by atoms with E-state index in [1.807, 2.05) is 0 Å². The van der Waals surface area contributed by atoms with Crippen LogP contribution in [-0.2, 0) is 26.2 Å². The fourth-order valence-electron chi connectivity index (χ4n) is 3.88. The quantitative estimate of drug-likeness (QED) is 0.351. The molecule has 0 saturated carbocycles. The maximum Gasteiger partial charge on any atom is 0.264 e. The summed E-state index contributed by atoms with van der Waals surface area (Å²) in [6, 6.07) is 20.3. The van der Waals surface area contributed by atoms with Crippen molar-refractivity contribution in [1.29, 1.82) is 0 Å². The summed E-state index contributed by atoms with van der Waals surface area (Å²) in [6.07, 6.45) is 0.341. The Labute approximate surface area is 228 Å². The maximum atomic E-state index is 13.9. The smallest absolute Gasteiger partial charge is 0.264 e. The van der Waals surface area contributed by atoms with Gasteiger partial charge in [0.05, 0.1) is 10.6 Å². The first kappa shape index (κ1) is 28.5. The van der Waals surface area contributed by atoms with E-state index in [0.29, 0.717) is 23.0 Å². The number of nitrogens with one attached hydrogen (secondary N) is 1. The van der Waals surface area contributed by atoms with Crippen LogP contribution in [0.1, 0.15) is 25.8 Å². The predicted octanol–water partition coefficient (Wildman–Crippen LogP) is 5.13. The molecule has 3 aromatic rings. The molecule has 196 valence electrons. The van der Waals surface area contributed by atoms with Gasteiger partial charge in [0.15, 0.2) is 0 Å². The van der Waals surface area contributed by atoms with E-state index in [-0.39, 0.29) is 23.0 Å². The zero-order chi connectivity index (χ0) is 27.0. The van der Waals surface area contributed by atoms with E-state index in [0.717, 1.165) is 9.87 Å². The second-order valence-electron chi connectivity index (χ2n) is 8.27. The minimum Gasteiger partial charge on any atom is -0.355 e. The highest BCUT2D eigenvalue weighted by molar-refractivity contribution is 7.92. The molecule has 7 nitrogen and oxygen atoms in total. The molecular formula is C27H29Cl2N3O4S.